The molecule has 3 rings (SSSR count). The third-order valence-corrected chi connectivity index (χ3v) is 8.27. The maximum Gasteiger partial charge on any atom is 0.328 e. The van der Waals surface area contributed by atoms with E-state index < -0.39 is 5.97 Å². The molecule has 0 radical (unpaired) electrons. The molecular formula is C26H40O2. The first kappa shape index (κ1) is 21.4. The van der Waals surface area contributed by atoms with Crippen molar-refractivity contribution in [2.75, 3.05) is 0 Å². The van der Waals surface area contributed by atoms with Crippen molar-refractivity contribution in [2.45, 2.75) is 67.2 Å². The van der Waals surface area contributed by atoms with Gasteiger partial charge in [0.2, 0.25) is 0 Å². The first-order valence-electron chi connectivity index (χ1n) is 11.4. The Kier molecular flexibility index (Phi) is 6.27. The topological polar surface area (TPSA) is 37.3 Å². The zero-order chi connectivity index (χ0) is 20.6. The first-order valence-corrected chi connectivity index (χ1v) is 11.4. The summed E-state index contributed by atoms with van der Waals surface area (Å²) in [6, 6.07) is 0. The Bertz CT molecular complexity index is 670. The zero-order valence-corrected chi connectivity index (χ0v) is 18.7. The van der Waals surface area contributed by atoms with Gasteiger partial charge in [-0.05, 0) is 72.5 Å². The molecule has 0 heterocycles. The van der Waals surface area contributed by atoms with E-state index in [1.54, 1.807) is 11.6 Å². The van der Waals surface area contributed by atoms with E-state index in [0.717, 1.165) is 36.0 Å². The van der Waals surface area contributed by atoms with E-state index in [1.807, 2.05) is 6.08 Å². The average molecular weight is 385 g/mol. The molecule has 2 heteroatoms. The number of fused-ring (bicyclic) bond motifs is 3. The van der Waals surface area contributed by atoms with Gasteiger partial charge in [0.25, 0.3) is 0 Å². The molecule has 3 saturated carbocycles. The Labute approximate surface area is 172 Å². The molecule has 8 atom stereocenters. The van der Waals surface area contributed by atoms with Crippen LogP contribution in [0.25, 0.3) is 0 Å². The Morgan fingerprint density at radius 3 is 2.39 bits per heavy atom. The van der Waals surface area contributed by atoms with Crippen LogP contribution in [0.5, 0.6) is 0 Å². The van der Waals surface area contributed by atoms with Gasteiger partial charge in [0.15, 0.2) is 0 Å². The lowest BCUT2D eigenvalue weighted by atomic mass is 9.52. The number of aliphatic carboxylic acids is 1. The molecule has 0 aromatic heterocycles. The van der Waals surface area contributed by atoms with Gasteiger partial charge < -0.3 is 5.11 Å². The van der Waals surface area contributed by atoms with Crippen LogP contribution in [0.1, 0.15) is 67.2 Å². The van der Waals surface area contributed by atoms with Crippen molar-refractivity contribution in [3.8, 4) is 0 Å². The summed E-state index contributed by atoms with van der Waals surface area (Å²) in [6.45, 7) is 14.4. The molecule has 1 unspecified atom stereocenters. The molecule has 28 heavy (non-hydrogen) atoms. The van der Waals surface area contributed by atoms with Gasteiger partial charge in [-0.15, -0.1) is 0 Å². The lowest BCUT2D eigenvalue weighted by Gasteiger charge is -2.53. The fraction of sp³-hybridized carbons (Fsp3) is 0.731. The molecule has 0 saturated heterocycles. The molecule has 0 aromatic rings. The lowest BCUT2D eigenvalue weighted by Crippen LogP contribution is -2.47. The van der Waals surface area contributed by atoms with Gasteiger partial charge in [-0.2, -0.15) is 0 Å². The third-order valence-electron chi connectivity index (χ3n) is 8.27. The first-order chi connectivity index (χ1) is 13.2. The number of rotatable bonds is 6. The highest BCUT2D eigenvalue weighted by Gasteiger charge is 2.67. The van der Waals surface area contributed by atoms with Crippen molar-refractivity contribution >= 4 is 5.97 Å². The van der Waals surface area contributed by atoms with E-state index in [0.29, 0.717) is 23.2 Å². The summed E-state index contributed by atoms with van der Waals surface area (Å²) >= 11 is 0. The van der Waals surface area contributed by atoms with Gasteiger partial charge in [0.1, 0.15) is 0 Å². The molecule has 0 bridgehead atoms. The second-order valence-electron chi connectivity index (χ2n) is 10.7. The molecule has 0 amide bonds. The van der Waals surface area contributed by atoms with E-state index in [9.17, 15) is 4.79 Å². The van der Waals surface area contributed by atoms with E-state index in [-0.39, 0.29) is 0 Å². The van der Waals surface area contributed by atoms with Gasteiger partial charge in [0, 0.05) is 6.08 Å². The third kappa shape index (κ3) is 4.02. The van der Waals surface area contributed by atoms with E-state index in [2.05, 4.69) is 53.7 Å². The minimum absolute atomic E-state index is 0.426. The summed E-state index contributed by atoms with van der Waals surface area (Å²) < 4.78 is 0. The van der Waals surface area contributed by atoms with Crippen molar-refractivity contribution in [3.05, 3.63) is 36.0 Å². The van der Waals surface area contributed by atoms with Crippen molar-refractivity contribution in [3.63, 3.8) is 0 Å². The van der Waals surface area contributed by atoms with Gasteiger partial charge in [-0.3, -0.25) is 0 Å². The van der Waals surface area contributed by atoms with Crippen molar-refractivity contribution in [1.29, 1.82) is 0 Å². The minimum Gasteiger partial charge on any atom is -0.478 e. The monoisotopic (exact) mass is 384 g/mol. The summed E-state index contributed by atoms with van der Waals surface area (Å²) in [5.41, 5.74) is 2.00. The van der Waals surface area contributed by atoms with Crippen LogP contribution in [0.4, 0.5) is 0 Å². The minimum atomic E-state index is -0.871. The summed E-state index contributed by atoms with van der Waals surface area (Å²) in [6.07, 6.45) is 15.1. The Balaban J connectivity index is 1.98. The summed E-state index contributed by atoms with van der Waals surface area (Å²) in [5, 5.41) is 8.94. The van der Waals surface area contributed by atoms with Crippen LogP contribution in [0.3, 0.4) is 0 Å². The molecule has 3 fully saturated rings. The van der Waals surface area contributed by atoms with Crippen LogP contribution in [0.15, 0.2) is 36.0 Å². The molecule has 0 spiro atoms. The quantitative estimate of drug-likeness (QED) is 0.312. The number of hydrogen-bond donors (Lipinski definition) is 1. The second kappa shape index (κ2) is 8.20. The standard InChI is InChI=1S/C26H40O2/c1-16(2)11-12-19(5)25-20(9-7-8-10-22(27)28)23-17(3)13-14-18(4)24(23)21-15-26(21,25)6/h7-10,12,16-18,20-21,23-25H,11,13-15H2,1-6H3,(H,27,28)/b9-7+,10-8+,19-12+/t17-,18-,20-,21+,23?,24+,25-,26+/m0/s1. The second-order valence-corrected chi connectivity index (χ2v) is 10.7. The van der Waals surface area contributed by atoms with Crippen LogP contribution in [-0.4, -0.2) is 11.1 Å². The highest BCUT2D eigenvalue weighted by Crippen LogP contribution is 2.73. The Morgan fingerprint density at radius 1 is 1.14 bits per heavy atom. The smallest absolute Gasteiger partial charge is 0.328 e. The van der Waals surface area contributed by atoms with Gasteiger partial charge in [-0.1, -0.05) is 77.3 Å². The van der Waals surface area contributed by atoms with E-state index in [1.165, 1.54) is 25.3 Å². The predicted molar refractivity (Wildman–Crippen MR) is 117 cm³/mol. The summed E-state index contributed by atoms with van der Waals surface area (Å²) in [7, 11) is 0. The van der Waals surface area contributed by atoms with Crippen LogP contribution in [0.2, 0.25) is 0 Å². The summed E-state index contributed by atoms with van der Waals surface area (Å²) in [5.74, 6) is 4.95. The lowest BCUT2D eigenvalue weighted by molar-refractivity contribution is -0.131. The summed E-state index contributed by atoms with van der Waals surface area (Å²) in [4.78, 5) is 10.9. The highest BCUT2D eigenvalue weighted by atomic mass is 16.4. The van der Waals surface area contributed by atoms with Crippen LogP contribution in [0, 0.1) is 52.8 Å². The van der Waals surface area contributed by atoms with Crippen molar-refractivity contribution < 1.29 is 9.90 Å². The number of hydrogen-bond acceptors (Lipinski definition) is 1. The fourth-order valence-electron chi connectivity index (χ4n) is 6.92. The van der Waals surface area contributed by atoms with Crippen LogP contribution in [-0.2, 0) is 4.79 Å². The average Bonchev–Trinajstić information content (AvgIpc) is 3.30. The van der Waals surface area contributed by atoms with Crippen LogP contribution >= 0.6 is 0 Å². The fourth-order valence-corrected chi connectivity index (χ4v) is 6.92. The highest BCUT2D eigenvalue weighted by molar-refractivity contribution is 5.80. The molecule has 1 N–H and O–H groups in total. The van der Waals surface area contributed by atoms with Crippen LogP contribution < -0.4 is 0 Å². The molecule has 2 nitrogen and oxygen atoms in total. The van der Waals surface area contributed by atoms with E-state index in [4.69, 9.17) is 5.11 Å². The Hall–Kier alpha value is -1.31. The molecule has 0 aliphatic heterocycles. The maximum atomic E-state index is 10.9. The zero-order valence-electron chi connectivity index (χ0n) is 18.7. The predicted octanol–water partition coefficient (Wildman–Crippen LogP) is 6.75. The normalized spacial score (nSPS) is 43.4. The van der Waals surface area contributed by atoms with E-state index >= 15 is 0 Å². The Morgan fingerprint density at radius 2 is 1.79 bits per heavy atom. The molecule has 0 aromatic carbocycles. The molecule has 156 valence electrons. The number of carbonyl (C=O) groups is 1. The van der Waals surface area contributed by atoms with Gasteiger partial charge >= 0.3 is 5.97 Å². The van der Waals surface area contributed by atoms with Gasteiger partial charge in [0.05, 0.1) is 0 Å². The SMILES string of the molecule is C/C(=C\CC(C)C)[C@H]1[C@@H](/C=C/C=C/C(=O)O)C2[C@@H]([C@H]3C[C@]31C)[C@@H](C)CC[C@@H]2C. The largest absolute Gasteiger partial charge is 0.478 e. The maximum absolute atomic E-state index is 10.9. The number of carboxylic acids is 1. The molecule has 3 aliphatic carbocycles. The van der Waals surface area contributed by atoms with Gasteiger partial charge in [-0.25, -0.2) is 4.79 Å². The van der Waals surface area contributed by atoms with Crippen molar-refractivity contribution in [1.82, 2.24) is 0 Å². The molecular weight excluding hydrogens is 344 g/mol. The molecule has 3 aliphatic rings. The van der Waals surface area contributed by atoms with Crippen molar-refractivity contribution in [2.24, 2.45) is 52.8 Å². The number of carboxylic acid groups (broad SMARTS) is 1. The number of allylic oxidation sites excluding steroid dienone is 5.